The van der Waals surface area contributed by atoms with Gasteiger partial charge in [-0.25, -0.2) is 4.98 Å². The Hall–Kier alpha value is -1.76. The van der Waals surface area contributed by atoms with E-state index in [1.54, 1.807) is 12.3 Å². The Morgan fingerprint density at radius 2 is 2.24 bits per heavy atom. The molecule has 90 valence electrons. The number of rotatable bonds is 1. The van der Waals surface area contributed by atoms with E-state index >= 15 is 0 Å². The largest absolute Gasteiger partial charge is 0.397 e. The van der Waals surface area contributed by atoms with Crippen LogP contribution in [0.4, 0.5) is 11.5 Å². The first-order valence-corrected chi connectivity index (χ1v) is 6.02. The summed E-state index contributed by atoms with van der Waals surface area (Å²) in [5.74, 6) is 2.15. The van der Waals surface area contributed by atoms with Gasteiger partial charge >= 0.3 is 0 Å². The molecule has 0 saturated carbocycles. The first-order chi connectivity index (χ1) is 8.11. The summed E-state index contributed by atoms with van der Waals surface area (Å²) in [6.45, 7) is 6.47. The zero-order valence-electron chi connectivity index (χ0n) is 10.3. The number of hydrogen-bond donors (Lipinski definition) is 1. The van der Waals surface area contributed by atoms with E-state index in [2.05, 4.69) is 29.8 Å². The number of piperidine rings is 1. The fourth-order valence-electron chi connectivity index (χ4n) is 2.26. The van der Waals surface area contributed by atoms with E-state index in [4.69, 9.17) is 11.0 Å². The molecule has 0 aromatic carbocycles. The second-order valence-electron chi connectivity index (χ2n) is 4.94. The second kappa shape index (κ2) is 4.62. The Balaban J connectivity index is 2.26. The molecule has 2 N–H and O–H groups in total. The predicted molar refractivity (Wildman–Crippen MR) is 68.5 cm³/mol. The number of hydrogen-bond acceptors (Lipinski definition) is 4. The number of nitrogens with zero attached hydrogens (tertiary/aromatic N) is 3. The maximum absolute atomic E-state index is 9.12. The summed E-state index contributed by atoms with van der Waals surface area (Å²) >= 11 is 0. The minimum atomic E-state index is 0.545. The van der Waals surface area contributed by atoms with Crippen molar-refractivity contribution in [2.24, 2.45) is 11.8 Å². The zero-order chi connectivity index (χ0) is 12.4. The molecule has 4 nitrogen and oxygen atoms in total. The van der Waals surface area contributed by atoms with Crippen LogP contribution in [0, 0.1) is 23.2 Å². The minimum Gasteiger partial charge on any atom is -0.397 e. The first-order valence-electron chi connectivity index (χ1n) is 6.02. The van der Waals surface area contributed by atoms with Crippen LogP contribution in [0.2, 0.25) is 0 Å². The fourth-order valence-corrected chi connectivity index (χ4v) is 2.26. The van der Waals surface area contributed by atoms with Gasteiger partial charge in [-0.2, -0.15) is 5.26 Å². The highest BCUT2D eigenvalue weighted by Crippen LogP contribution is 2.28. The highest BCUT2D eigenvalue weighted by atomic mass is 15.2. The lowest BCUT2D eigenvalue weighted by atomic mass is 9.88. The Kier molecular flexibility index (Phi) is 3.19. The molecule has 17 heavy (non-hydrogen) atoms. The van der Waals surface area contributed by atoms with Crippen molar-refractivity contribution in [1.29, 1.82) is 5.26 Å². The van der Waals surface area contributed by atoms with Crippen LogP contribution in [0.15, 0.2) is 12.3 Å². The summed E-state index contributed by atoms with van der Waals surface area (Å²) in [6.07, 6.45) is 2.77. The number of nitrogen functional groups attached to an aromatic ring is 1. The summed E-state index contributed by atoms with van der Waals surface area (Å²) in [6, 6.07) is 3.88. The second-order valence-corrected chi connectivity index (χ2v) is 4.94. The molecule has 2 rings (SSSR count). The third-order valence-electron chi connectivity index (χ3n) is 3.64. The Bertz CT molecular complexity index is 449. The molecule has 0 amide bonds. The van der Waals surface area contributed by atoms with Crippen molar-refractivity contribution in [3.63, 3.8) is 0 Å². The van der Waals surface area contributed by atoms with E-state index < -0.39 is 0 Å². The summed E-state index contributed by atoms with van der Waals surface area (Å²) in [4.78, 5) is 6.51. The number of aromatic nitrogens is 1. The lowest BCUT2D eigenvalue weighted by molar-refractivity contribution is 0.322. The van der Waals surface area contributed by atoms with Gasteiger partial charge in [-0.1, -0.05) is 13.8 Å². The van der Waals surface area contributed by atoms with E-state index in [0.717, 1.165) is 31.2 Å². The highest BCUT2D eigenvalue weighted by molar-refractivity contribution is 5.59. The van der Waals surface area contributed by atoms with Crippen LogP contribution >= 0.6 is 0 Å². The standard InChI is InChI=1S/C13H18N4/c1-9-3-4-17(8-10(9)2)13-11(6-14)5-12(15)7-16-13/h5,7,9-10H,3-4,8,15H2,1-2H3. The van der Waals surface area contributed by atoms with Crippen LogP contribution in [0.25, 0.3) is 0 Å². The van der Waals surface area contributed by atoms with Crippen LogP contribution < -0.4 is 10.6 Å². The topological polar surface area (TPSA) is 65.9 Å². The van der Waals surface area contributed by atoms with E-state index in [-0.39, 0.29) is 0 Å². The van der Waals surface area contributed by atoms with Crippen molar-refractivity contribution in [2.75, 3.05) is 23.7 Å². The van der Waals surface area contributed by atoms with Gasteiger partial charge in [0.1, 0.15) is 11.9 Å². The molecule has 1 aromatic heterocycles. The Labute approximate surface area is 102 Å². The molecule has 2 heterocycles. The molecule has 2 atom stereocenters. The molecule has 0 aliphatic carbocycles. The zero-order valence-corrected chi connectivity index (χ0v) is 10.3. The molecule has 2 unspecified atom stereocenters. The van der Waals surface area contributed by atoms with Crippen LogP contribution in [0.3, 0.4) is 0 Å². The molecular formula is C13H18N4. The minimum absolute atomic E-state index is 0.545. The normalized spacial score (nSPS) is 24.4. The Morgan fingerprint density at radius 3 is 2.88 bits per heavy atom. The molecule has 0 radical (unpaired) electrons. The lowest BCUT2D eigenvalue weighted by Gasteiger charge is -2.36. The molecule has 0 spiro atoms. The monoisotopic (exact) mass is 230 g/mol. The van der Waals surface area contributed by atoms with Crippen LogP contribution in [0.1, 0.15) is 25.8 Å². The van der Waals surface area contributed by atoms with Crippen LogP contribution in [0.5, 0.6) is 0 Å². The predicted octanol–water partition coefficient (Wildman–Crippen LogP) is 2.02. The average Bonchev–Trinajstić information content (AvgIpc) is 2.32. The van der Waals surface area contributed by atoms with Gasteiger partial charge < -0.3 is 10.6 Å². The third-order valence-corrected chi connectivity index (χ3v) is 3.64. The van der Waals surface area contributed by atoms with Crippen molar-refractivity contribution in [1.82, 2.24) is 4.98 Å². The van der Waals surface area contributed by atoms with Crippen LogP contribution in [-0.2, 0) is 0 Å². The van der Waals surface area contributed by atoms with E-state index in [9.17, 15) is 0 Å². The lowest BCUT2D eigenvalue weighted by Crippen LogP contribution is -2.39. The van der Waals surface area contributed by atoms with Crippen molar-refractivity contribution >= 4 is 11.5 Å². The summed E-state index contributed by atoms with van der Waals surface area (Å²) in [5.41, 5.74) is 6.77. The molecule has 1 fully saturated rings. The highest BCUT2D eigenvalue weighted by Gasteiger charge is 2.24. The fraction of sp³-hybridized carbons (Fsp3) is 0.538. The smallest absolute Gasteiger partial charge is 0.146 e. The molecule has 0 bridgehead atoms. The van der Waals surface area contributed by atoms with E-state index in [0.29, 0.717) is 17.2 Å². The van der Waals surface area contributed by atoms with Crippen molar-refractivity contribution in [3.05, 3.63) is 17.8 Å². The third kappa shape index (κ3) is 2.33. The number of pyridine rings is 1. The van der Waals surface area contributed by atoms with Gasteiger partial charge in [-0.3, -0.25) is 0 Å². The van der Waals surface area contributed by atoms with Crippen molar-refractivity contribution < 1.29 is 0 Å². The van der Waals surface area contributed by atoms with E-state index in [1.165, 1.54) is 0 Å². The van der Waals surface area contributed by atoms with Gasteiger partial charge in [-0.15, -0.1) is 0 Å². The molecular weight excluding hydrogens is 212 g/mol. The van der Waals surface area contributed by atoms with Crippen LogP contribution in [-0.4, -0.2) is 18.1 Å². The number of anilines is 2. The number of nitriles is 1. The van der Waals surface area contributed by atoms with Gasteiger partial charge in [-0.05, 0) is 24.3 Å². The van der Waals surface area contributed by atoms with Crippen molar-refractivity contribution in [2.45, 2.75) is 20.3 Å². The molecule has 1 aromatic rings. The van der Waals surface area contributed by atoms with Gasteiger partial charge in [0.05, 0.1) is 17.4 Å². The molecule has 1 aliphatic rings. The summed E-state index contributed by atoms with van der Waals surface area (Å²) < 4.78 is 0. The first kappa shape index (κ1) is 11.7. The summed E-state index contributed by atoms with van der Waals surface area (Å²) in [7, 11) is 0. The van der Waals surface area contributed by atoms with Gasteiger partial charge in [0.25, 0.3) is 0 Å². The van der Waals surface area contributed by atoms with E-state index in [1.807, 2.05) is 0 Å². The van der Waals surface area contributed by atoms with Crippen molar-refractivity contribution in [3.8, 4) is 6.07 Å². The van der Waals surface area contributed by atoms with Gasteiger partial charge in [0.15, 0.2) is 0 Å². The van der Waals surface area contributed by atoms with Gasteiger partial charge in [0.2, 0.25) is 0 Å². The average molecular weight is 230 g/mol. The SMILES string of the molecule is CC1CCN(c2ncc(N)cc2C#N)CC1C. The maximum Gasteiger partial charge on any atom is 0.146 e. The summed E-state index contributed by atoms with van der Waals surface area (Å²) in [5, 5.41) is 9.12. The number of nitrogens with two attached hydrogens (primary N) is 1. The van der Waals surface area contributed by atoms with Gasteiger partial charge in [0, 0.05) is 13.1 Å². The maximum atomic E-state index is 9.12. The molecule has 4 heteroatoms. The molecule has 1 saturated heterocycles. The quantitative estimate of drug-likeness (QED) is 0.801. The molecule has 1 aliphatic heterocycles. The Morgan fingerprint density at radius 1 is 1.47 bits per heavy atom.